The van der Waals surface area contributed by atoms with Gasteiger partial charge in [-0.25, -0.2) is 0 Å². The zero-order valence-electron chi connectivity index (χ0n) is 13.4. The van der Waals surface area contributed by atoms with E-state index in [4.69, 9.17) is 4.74 Å². The van der Waals surface area contributed by atoms with Crippen LogP contribution >= 0.6 is 0 Å². The smallest absolute Gasteiger partial charge is 0.230 e. The number of fused-ring (bicyclic) bond motifs is 5. The van der Waals surface area contributed by atoms with Crippen LogP contribution in [-0.2, 0) is 4.79 Å². The van der Waals surface area contributed by atoms with Gasteiger partial charge in [-0.2, -0.15) is 0 Å². The minimum Gasteiger partial charge on any atom is -0.469 e. The van der Waals surface area contributed by atoms with Crippen molar-refractivity contribution in [1.29, 1.82) is 0 Å². The molecule has 2 atom stereocenters. The molecule has 118 valence electrons. The summed E-state index contributed by atoms with van der Waals surface area (Å²) in [6, 6.07) is 20.5. The highest BCUT2D eigenvalue weighted by Gasteiger charge is 2.48. The summed E-state index contributed by atoms with van der Waals surface area (Å²) >= 11 is 0. The van der Waals surface area contributed by atoms with E-state index in [1.165, 1.54) is 21.9 Å². The van der Waals surface area contributed by atoms with Crippen molar-refractivity contribution in [3.63, 3.8) is 0 Å². The number of aryl methyl sites for hydroxylation is 1. The topological polar surface area (TPSA) is 29.5 Å². The number of hydrogen-bond donors (Lipinski definition) is 0. The average molecular weight is 315 g/mol. The maximum Gasteiger partial charge on any atom is 0.230 e. The van der Waals surface area contributed by atoms with Crippen LogP contribution in [-0.4, -0.2) is 12.1 Å². The average Bonchev–Trinajstić information content (AvgIpc) is 3.10. The lowest BCUT2D eigenvalue weighted by Crippen LogP contribution is -2.36. The first-order valence-corrected chi connectivity index (χ1v) is 8.29. The number of amides is 1. The summed E-state index contributed by atoms with van der Waals surface area (Å²) in [5.74, 6) is 1.14. The lowest BCUT2D eigenvalue weighted by atomic mass is 9.93. The summed E-state index contributed by atoms with van der Waals surface area (Å²) in [7, 11) is 0. The molecule has 3 aromatic rings. The molecule has 3 aromatic carbocycles. The predicted molar refractivity (Wildman–Crippen MR) is 94.4 cm³/mol. The number of hydrogen-bond acceptors (Lipinski definition) is 2. The molecule has 0 bridgehead atoms. The van der Waals surface area contributed by atoms with Gasteiger partial charge in [-0.15, -0.1) is 0 Å². The van der Waals surface area contributed by atoms with Gasteiger partial charge in [0.1, 0.15) is 5.75 Å². The zero-order valence-corrected chi connectivity index (χ0v) is 13.4. The monoisotopic (exact) mass is 315 g/mol. The van der Waals surface area contributed by atoms with Gasteiger partial charge in [-0.1, -0.05) is 48.0 Å². The van der Waals surface area contributed by atoms with Crippen LogP contribution in [0.3, 0.4) is 0 Å². The number of benzene rings is 3. The standard InChI is InChI=1S/C21H17NO2/c1-13-6-9-15(10-7-13)22-19(23)12-17-20-16-5-3-2-4-14(16)8-11-18(20)24-21(17)22/h2-11,17,21H,12H2,1H3. The normalized spacial score (nSPS) is 21.7. The van der Waals surface area contributed by atoms with Gasteiger partial charge in [0, 0.05) is 17.7 Å². The van der Waals surface area contributed by atoms with Crippen LogP contribution < -0.4 is 9.64 Å². The Morgan fingerprint density at radius 3 is 2.62 bits per heavy atom. The molecule has 2 aliphatic heterocycles. The van der Waals surface area contributed by atoms with Crippen molar-refractivity contribution in [3.05, 3.63) is 71.8 Å². The molecular formula is C21H17NO2. The predicted octanol–water partition coefficient (Wildman–Crippen LogP) is 4.39. The Bertz CT molecular complexity index is 961. The highest BCUT2D eigenvalue weighted by Crippen LogP contribution is 2.49. The van der Waals surface area contributed by atoms with Crippen molar-refractivity contribution in [1.82, 2.24) is 0 Å². The Balaban J connectivity index is 1.62. The van der Waals surface area contributed by atoms with Crippen LogP contribution in [0.15, 0.2) is 60.7 Å². The number of nitrogens with zero attached hydrogens (tertiary/aromatic N) is 1. The second-order valence-electron chi connectivity index (χ2n) is 6.62. The molecule has 0 spiro atoms. The molecule has 0 N–H and O–H groups in total. The fourth-order valence-corrected chi connectivity index (χ4v) is 3.98. The molecule has 3 nitrogen and oxygen atoms in total. The van der Waals surface area contributed by atoms with E-state index in [9.17, 15) is 4.79 Å². The fourth-order valence-electron chi connectivity index (χ4n) is 3.98. The van der Waals surface area contributed by atoms with E-state index < -0.39 is 0 Å². The first-order chi connectivity index (χ1) is 11.7. The SMILES string of the molecule is Cc1ccc(N2C(=O)CC3c4c(ccc5ccccc45)OC32)cc1. The summed E-state index contributed by atoms with van der Waals surface area (Å²) in [4.78, 5) is 14.5. The van der Waals surface area contributed by atoms with Gasteiger partial charge < -0.3 is 4.74 Å². The van der Waals surface area contributed by atoms with Crippen molar-refractivity contribution in [2.45, 2.75) is 25.5 Å². The molecule has 2 heterocycles. The first-order valence-electron chi connectivity index (χ1n) is 8.29. The molecule has 3 heteroatoms. The molecule has 1 fully saturated rings. The van der Waals surface area contributed by atoms with E-state index in [2.05, 4.69) is 18.2 Å². The van der Waals surface area contributed by atoms with Crippen molar-refractivity contribution < 1.29 is 9.53 Å². The third kappa shape index (κ3) is 1.81. The van der Waals surface area contributed by atoms with E-state index >= 15 is 0 Å². The molecular weight excluding hydrogens is 298 g/mol. The maximum atomic E-state index is 12.7. The van der Waals surface area contributed by atoms with Crippen LogP contribution in [0.25, 0.3) is 10.8 Å². The molecule has 2 unspecified atom stereocenters. The third-order valence-corrected chi connectivity index (χ3v) is 5.12. The molecule has 1 amide bonds. The first kappa shape index (κ1) is 13.6. The van der Waals surface area contributed by atoms with Crippen LogP contribution in [0.1, 0.15) is 23.5 Å². The molecule has 0 aromatic heterocycles. The van der Waals surface area contributed by atoms with Gasteiger partial charge in [-0.3, -0.25) is 9.69 Å². The largest absolute Gasteiger partial charge is 0.469 e. The lowest BCUT2D eigenvalue weighted by Gasteiger charge is -2.23. The van der Waals surface area contributed by atoms with Crippen LogP contribution in [0.2, 0.25) is 0 Å². The Morgan fingerprint density at radius 1 is 1.00 bits per heavy atom. The Hall–Kier alpha value is -2.81. The van der Waals surface area contributed by atoms with Crippen LogP contribution in [0.5, 0.6) is 5.75 Å². The minimum atomic E-state index is -0.235. The highest BCUT2D eigenvalue weighted by atomic mass is 16.5. The van der Waals surface area contributed by atoms with E-state index in [0.29, 0.717) is 6.42 Å². The summed E-state index contributed by atoms with van der Waals surface area (Å²) < 4.78 is 6.21. The van der Waals surface area contributed by atoms with Crippen LogP contribution in [0, 0.1) is 6.92 Å². The molecule has 24 heavy (non-hydrogen) atoms. The second-order valence-corrected chi connectivity index (χ2v) is 6.62. The quantitative estimate of drug-likeness (QED) is 0.666. The Labute approximate surface area is 140 Å². The van der Waals surface area contributed by atoms with Crippen molar-refractivity contribution in [3.8, 4) is 5.75 Å². The molecule has 2 aliphatic rings. The molecule has 0 radical (unpaired) electrons. The van der Waals surface area contributed by atoms with Crippen molar-refractivity contribution >= 4 is 22.4 Å². The lowest BCUT2D eigenvalue weighted by molar-refractivity contribution is -0.117. The molecule has 5 rings (SSSR count). The summed E-state index contributed by atoms with van der Waals surface area (Å²) in [6.07, 6.45) is 0.264. The third-order valence-electron chi connectivity index (χ3n) is 5.12. The number of carbonyl (C=O) groups excluding carboxylic acids is 1. The van der Waals surface area contributed by atoms with Crippen LogP contribution in [0.4, 0.5) is 5.69 Å². The van der Waals surface area contributed by atoms with E-state index in [1.807, 2.05) is 54.3 Å². The van der Waals surface area contributed by atoms with Crippen molar-refractivity contribution in [2.24, 2.45) is 0 Å². The number of rotatable bonds is 1. The number of ether oxygens (including phenoxy) is 1. The van der Waals surface area contributed by atoms with E-state index in [-0.39, 0.29) is 18.1 Å². The van der Waals surface area contributed by atoms with E-state index in [0.717, 1.165) is 11.4 Å². The molecule has 0 saturated carbocycles. The maximum absolute atomic E-state index is 12.7. The van der Waals surface area contributed by atoms with Crippen molar-refractivity contribution in [2.75, 3.05) is 4.90 Å². The van der Waals surface area contributed by atoms with Gasteiger partial charge in [-0.05, 0) is 35.9 Å². The van der Waals surface area contributed by atoms with Gasteiger partial charge in [0.2, 0.25) is 5.91 Å². The van der Waals surface area contributed by atoms with Gasteiger partial charge in [0.05, 0.1) is 5.92 Å². The summed E-state index contributed by atoms with van der Waals surface area (Å²) in [5, 5.41) is 2.39. The highest BCUT2D eigenvalue weighted by molar-refractivity contribution is 5.99. The fraction of sp³-hybridized carbons (Fsp3) is 0.190. The molecule has 0 aliphatic carbocycles. The van der Waals surface area contributed by atoms with Gasteiger partial charge in [0.15, 0.2) is 6.23 Å². The van der Waals surface area contributed by atoms with Gasteiger partial charge in [0.25, 0.3) is 0 Å². The Morgan fingerprint density at radius 2 is 1.79 bits per heavy atom. The zero-order chi connectivity index (χ0) is 16.3. The summed E-state index contributed by atoms with van der Waals surface area (Å²) in [6.45, 7) is 2.05. The molecule has 1 saturated heterocycles. The minimum absolute atomic E-state index is 0.0971. The number of anilines is 1. The second kappa shape index (κ2) is 4.84. The number of carbonyl (C=O) groups is 1. The van der Waals surface area contributed by atoms with E-state index in [1.54, 1.807) is 0 Å². The van der Waals surface area contributed by atoms with Gasteiger partial charge >= 0.3 is 0 Å². The Kier molecular flexibility index (Phi) is 2.75. The summed E-state index contributed by atoms with van der Waals surface area (Å²) in [5.41, 5.74) is 3.28.